The van der Waals surface area contributed by atoms with Crippen molar-refractivity contribution in [3.63, 3.8) is 0 Å². The van der Waals surface area contributed by atoms with E-state index in [-0.39, 0.29) is 18.0 Å². The molecule has 27 heavy (non-hydrogen) atoms. The number of benzene rings is 2. The molecule has 0 bridgehead atoms. The van der Waals surface area contributed by atoms with E-state index in [2.05, 4.69) is 24.4 Å². The van der Waals surface area contributed by atoms with Gasteiger partial charge in [0.25, 0.3) is 5.91 Å². The Hall–Kier alpha value is -2.82. The lowest BCUT2D eigenvalue weighted by atomic mass is 9.99. The maximum absolute atomic E-state index is 13.3. The molecule has 2 saturated heterocycles. The van der Waals surface area contributed by atoms with Crippen LogP contribution in [-0.4, -0.2) is 36.5 Å². The molecule has 2 fully saturated rings. The fourth-order valence-electron chi connectivity index (χ4n) is 4.19. The minimum absolute atomic E-state index is 0.0432. The van der Waals surface area contributed by atoms with Crippen LogP contribution in [0.15, 0.2) is 42.5 Å². The highest BCUT2D eigenvalue weighted by Crippen LogP contribution is 2.35. The zero-order chi connectivity index (χ0) is 19.0. The first-order valence-corrected chi connectivity index (χ1v) is 9.59. The Morgan fingerprint density at radius 2 is 1.89 bits per heavy atom. The molecule has 0 unspecified atom stereocenters. The van der Waals surface area contributed by atoms with Crippen LogP contribution in [0, 0.1) is 13.8 Å². The number of aryl methyl sites for hydroxylation is 2. The quantitative estimate of drug-likeness (QED) is 0.901. The number of carbonyl (C=O) groups is 2. The summed E-state index contributed by atoms with van der Waals surface area (Å²) in [5.41, 5.74) is 4.92. The first-order valence-electron chi connectivity index (χ1n) is 9.59. The van der Waals surface area contributed by atoms with Gasteiger partial charge in [-0.2, -0.15) is 0 Å². The van der Waals surface area contributed by atoms with Crippen LogP contribution in [0.5, 0.6) is 0 Å². The third-order valence-corrected chi connectivity index (χ3v) is 5.66. The number of amides is 3. The van der Waals surface area contributed by atoms with Crippen molar-refractivity contribution >= 4 is 17.6 Å². The van der Waals surface area contributed by atoms with Gasteiger partial charge >= 0.3 is 6.03 Å². The Labute approximate surface area is 160 Å². The molecule has 5 nitrogen and oxygen atoms in total. The average molecular weight is 363 g/mol. The Morgan fingerprint density at radius 3 is 2.63 bits per heavy atom. The second-order valence-electron chi connectivity index (χ2n) is 7.40. The number of carbonyl (C=O) groups excluding carboxylic acids is 2. The van der Waals surface area contributed by atoms with Crippen molar-refractivity contribution in [3.05, 3.63) is 64.7 Å². The maximum Gasteiger partial charge on any atom is 0.322 e. The van der Waals surface area contributed by atoms with Gasteiger partial charge in [0.1, 0.15) is 0 Å². The number of anilines is 1. The zero-order valence-corrected chi connectivity index (χ0v) is 15.9. The largest absolute Gasteiger partial charge is 0.336 e. The van der Waals surface area contributed by atoms with E-state index in [1.54, 1.807) is 4.90 Å². The van der Waals surface area contributed by atoms with Gasteiger partial charge in [-0.25, -0.2) is 4.79 Å². The van der Waals surface area contributed by atoms with Crippen molar-refractivity contribution in [1.29, 1.82) is 0 Å². The summed E-state index contributed by atoms with van der Waals surface area (Å²) < 4.78 is 0. The summed E-state index contributed by atoms with van der Waals surface area (Å²) in [6.07, 6.45) is 2.00. The van der Waals surface area contributed by atoms with Crippen molar-refractivity contribution in [3.8, 4) is 0 Å². The van der Waals surface area contributed by atoms with Crippen molar-refractivity contribution in [2.24, 2.45) is 0 Å². The molecule has 2 aliphatic rings. The predicted molar refractivity (Wildman–Crippen MR) is 106 cm³/mol. The summed E-state index contributed by atoms with van der Waals surface area (Å²) >= 11 is 0. The summed E-state index contributed by atoms with van der Waals surface area (Å²) in [4.78, 5) is 29.1. The average Bonchev–Trinajstić information content (AvgIpc) is 3.31. The van der Waals surface area contributed by atoms with Gasteiger partial charge in [0, 0.05) is 30.9 Å². The lowest BCUT2D eigenvalue weighted by molar-refractivity contribution is 0.0735. The molecule has 140 valence electrons. The van der Waals surface area contributed by atoms with Gasteiger partial charge in [0.2, 0.25) is 0 Å². The lowest BCUT2D eigenvalue weighted by Crippen LogP contribution is -2.32. The van der Waals surface area contributed by atoms with Crippen LogP contribution in [0.1, 0.15) is 45.9 Å². The molecule has 0 spiro atoms. The predicted octanol–water partition coefficient (Wildman–Crippen LogP) is 3.81. The zero-order valence-electron chi connectivity index (χ0n) is 15.9. The fourth-order valence-corrected chi connectivity index (χ4v) is 4.19. The Morgan fingerprint density at radius 1 is 1.07 bits per heavy atom. The van der Waals surface area contributed by atoms with Crippen molar-refractivity contribution in [2.75, 3.05) is 24.5 Å². The van der Waals surface area contributed by atoms with Gasteiger partial charge < -0.3 is 10.2 Å². The van der Waals surface area contributed by atoms with Gasteiger partial charge in [0.15, 0.2) is 0 Å². The van der Waals surface area contributed by atoms with Crippen molar-refractivity contribution in [2.45, 2.75) is 32.7 Å². The molecule has 1 N–H and O–H groups in total. The second kappa shape index (κ2) is 7.06. The summed E-state index contributed by atoms with van der Waals surface area (Å²) in [6.45, 7) is 6.11. The molecule has 1 atom stereocenters. The number of hydrogen-bond donors (Lipinski definition) is 1. The number of likely N-dealkylation sites (tertiary alicyclic amines) is 1. The molecule has 2 aromatic carbocycles. The van der Waals surface area contributed by atoms with E-state index in [0.29, 0.717) is 18.7 Å². The van der Waals surface area contributed by atoms with Gasteiger partial charge in [-0.15, -0.1) is 0 Å². The van der Waals surface area contributed by atoms with E-state index in [4.69, 9.17) is 0 Å². The second-order valence-corrected chi connectivity index (χ2v) is 7.40. The summed E-state index contributed by atoms with van der Waals surface area (Å²) in [7, 11) is 0. The normalized spacial score (nSPS) is 19.5. The maximum atomic E-state index is 13.3. The first kappa shape index (κ1) is 17.6. The fraction of sp³-hybridized carbons (Fsp3) is 0.364. The highest BCUT2D eigenvalue weighted by atomic mass is 16.2. The number of hydrogen-bond acceptors (Lipinski definition) is 2. The van der Waals surface area contributed by atoms with Crippen LogP contribution >= 0.6 is 0 Å². The van der Waals surface area contributed by atoms with E-state index < -0.39 is 0 Å². The number of nitrogens with one attached hydrogen (secondary N) is 1. The third-order valence-electron chi connectivity index (χ3n) is 5.66. The van der Waals surface area contributed by atoms with Crippen LogP contribution in [-0.2, 0) is 0 Å². The highest BCUT2D eigenvalue weighted by Gasteiger charge is 2.32. The third kappa shape index (κ3) is 3.18. The molecular formula is C22H25N3O2. The van der Waals surface area contributed by atoms with Crippen LogP contribution < -0.4 is 10.2 Å². The van der Waals surface area contributed by atoms with Crippen LogP contribution in [0.25, 0.3) is 0 Å². The smallest absolute Gasteiger partial charge is 0.322 e. The molecule has 0 aliphatic carbocycles. The molecule has 0 radical (unpaired) electrons. The van der Waals surface area contributed by atoms with Crippen molar-refractivity contribution in [1.82, 2.24) is 10.2 Å². The minimum atomic E-state index is -0.0957. The topological polar surface area (TPSA) is 52.7 Å². The van der Waals surface area contributed by atoms with Gasteiger partial charge in [0.05, 0.1) is 6.04 Å². The molecule has 5 heteroatoms. The Bertz CT molecular complexity index is 893. The van der Waals surface area contributed by atoms with Gasteiger partial charge in [-0.05, 0) is 55.5 Å². The highest BCUT2D eigenvalue weighted by molar-refractivity contribution is 5.99. The Balaban J connectivity index is 1.64. The van der Waals surface area contributed by atoms with E-state index >= 15 is 0 Å². The summed E-state index contributed by atoms with van der Waals surface area (Å²) in [6, 6.07) is 14.0. The number of rotatable bonds is 3. The molecule has 2 heterocycles. The van der Waals surface area contributed by atoms with Crippen LogP contribution in [0.2, 0.25) is 0 Å². The Kier molecular flexibility index (Phi) is 4.60. The molecule has 2 aromatic rings. The van der Waals surface area contributed by atoms with E-state index in [1.807, 2.05) is 42.2 Å². The van der Waals surface area contributed by atoms with Crippen LogP contribution in [0.3, 0.4) is 0 Å². The van der Waals surface area contributed by atoms with Crippen molar-refractivity contribution < 1.29 is 9.59 Å². The van der Waals surface area contributed by atoms with E-state index in [9.17, 15) is 9.59 Å². The standard InChI is InChI=1S/C22H25N3O2/c1-15-6-3-4-7-18(15)19-8-5-12-24(19)21(26)17-10-9-16(2)20(14-17)25-13-11-23-22(25)27/h3-4,6-7,9-10,14,19H,5,8,11-13H2,1-2H3,(H,23,27)/t19-/m1/s1. The SMILES string of the molecule is Cc1ccccc1[C@H]1CCCN1C(=O)c1ccc(C)c(N2CCNC2=O)c1. The van der Waals surface area contributed by atoms with Gasteiger partial charge in [-0.3, -0.25) is 9.69 Å². The molecule has 3 amide bonds. The minimum Gasteiger partial charge on any atom is -0.336 e. The molecule has 0 aromatic heterocycles. The number of urea groups is 1. The first-order chi connectivity index (χ1) is 13.1. The van der Waals surface area contributed by atoms with E-state index in [1.165, 1.54) is 11.1 Å². The molecule has 4 rings (SSSR count). The summed E-state index contributed by atoms with van der Waals surface area (Å²) in [5, 5.41) is 2.83. The monoisotopic (exact) mass is 363 g/mol. The molecule has 2 aliphatic heterocycles. The lowest BCUT2D eigenvalue weighted by Gasteiger charge is -2.27. The summed E-state index contributed by atoms with van der Waals surface area (Å²) in [5.74, 6) is 0.0432. The van der Waals surface area contributed by atoms with E-state index in [0.717, 1.165) is 30.6 Å². The number of nitrogens with zero attached hydrogens (tertiary/aromatic N) is 2. The van der Waals surface area contributed by atoms with Crippen LogP contribution in [0.4, 0.5) is 10.5 Å². The van der Waals surface area contributed by atoms with Gasteiger partial charge in [-0.1, -0.05) is 30.3 Å². The molecule has 0 saturated carbocycles. The molecular weight excluding hydrogens is 338 g/mol.